The van der Waals surface area contributed by atoms with E-state index in [2.05, 4.69) is 38.7 Å². The van der Waals surface area contributed by atoms with Crippen LogP contribution in [0.4, 0.5) is 22.9 Å². The summed E-state index contributed by atoms with van der Waals surface area (Å²) in [6.45, 7) is 2.35. The van der Waals surface area contributed by atoms with Crippen molar-refractivity contribution in [3.05, 3.63) is 78.0 Å². The van der Waals surface area contributed by atoms with E-state index in [1.165, 1.54) is 18.2 Å². The number of fused-ring (bicyclic) bond motifs is 1. The molecule has 0 saturated carbocycles. The molecule has 0 aliphatic carbocycles. The molecular formula is C23H22N4O2. The average Bonchev–Trinajstić information content (AvgIpc) is 2.73. The monoisotopic (exact) mass is 386 g/mol. The van der Waals surface area contributed by atoms with Crippen LogP contribution in [0.15, 0.2) is 66.9 Å². The summed E-state index contributed by atoms with van der Waals surface area (Å²) < 4.78 is 0. The molecule has 0 spiro atoms. The molecular weight excluding hydrogens is 364 g/mol. The highest BCUT2D eigenvalue weighted by Gasteiger charge is 2.19. The Hall–Kier alpha value is -3.67. The van der Waals surface area contributed by atoms with Gasteiger partial charge in [-0.15, -0.1) is 0 Å². The van der Waals surface area contributed by atoms with Crippen molar-refractivity contribution in [3.8, 4) is 0 Å². The van der Waals surface area contributed by atoms with Crippen LogP contribution in [0.1, 0.15) is 29.3 Å². The van der Waals surface area contributed by atoms with Gasteiger partial charge in [-0.25, -0.2) is 4.98 Å². The third-order valence-corrected chi connectivity index (χ3v) is 4.84. The van der Waals surface area contributed by atoms with Gasteiger partial charge in [0.25, 0.3) is 5.91 Å². The van der Waals surface area contributed by atoms with Crippen molar-refractivity contribution >= 4 is 34.7 Å². The largest absolute Gasteiger partial charge is 0.326 e. The third-order valence-electron chi connectivity index (χ3n) is 4.84. The van der Waals surface area contributed by atoms with Crippen molar-refractivity contribution in [1.29, 1.82) is 0 Å². The van der Waals surface area contributed by atoms with Gasteiger partial charge >= 0.3 is 0 Å². The Balaban J connectivity index is 1.49. The Morgan fingerprint density at radius 3 is 2.52 bits per heavy atom. The minimum atomic E-state index is -0.247. The molecule has 2 N–H and O–H groups in total. The highest BCUT2D eigenvalue weighted by Crippen LogP contribution is 2.32. The van der Waals surface area contributed by atoms with Crippen molar-refractivity contribution in [2.24, 2.45) is 0 Å². The van der Waals surface area contributed by atoms with E-state index in [-0.39, 0.29) is 11.8 Å². The van der Waals surface area contributed by atoms with E-state index in [1.807, 2.05) is 12.1 Å². The second-order valence-electron chi connectivity index (χ2n) is 7.01. The van der Waals surface area contributed by atoms with Gasteiger partial charge in [0.05, 0.1) is 5.56 Å². The fourth-order valence-corrected chi connectivity index (χ4v) is 3.53. The van der Waals surface area contributed by atoms with Gasteiger partial charge in [-0.1, -0.05) is 24.3 Å². The molecule has 1 aliphatic rings. The molecule has 1 aromatic heterocycles. The quantitative estimate of drug-likeness (QED) is 0.698. The summed E-state index contributed by atoms with van der Waals surface area (Å²) in [5.74, 6) is 0.428. The van der Waals surface area contributed by atoms with E-state index in [4.69, 9.17) is 0 Å². The van der Waals surface area contributed by atoms with E-state index >= 15 is 0 Å². The Labute approximate surface area is 169 Å². The first-order valence-electron chi connectivity index (χ1n) is 9.61. The number of hydrogen-bond acceptors (Lipinski definition) is 4. The number of benzene rings is 2. The number of aryl methyl sites for hydroxylation is 1. The van der Waals surface area contributed by atoms with Gasteiger partial charge in [0, 0.05) is 36.7 Å². The van der Waals surface area contributed by atoms with E-state index < -0.39 is 0 Å². The number of carbonyl (C=O) groups is 2. The zero-order valence-electron chi connectivity index (χ0n) is 16.2. The minimum absolute atomic E-state index is 0.160. The third kappa shape index (κ3) is 4.27. The maximum Gasteiger partial charge on any atom is 0.257 e. The topological polar surface area (TPSA) is 74.3 Å². The lowest BCUT2D eigenvalue weighted by Gasteiger charge is -2.30. The molecule has 0 unspecified atom stereocenters. The van der Waals surface area contributed by atoms with Crippen LogP contribution < -0.4 is 15.5 Å². The van der Waals surface area contributed by atoms with Gasteiger partial charge in [0.1, 0.15) is 5.82 Å². The zero-order valence-corrected chi connectivity index (χ0v) is 16.2. The van der Waals surface area contributed by atoms with Gasteiger partial charge in [0.15, 0.2) is 0 Å². The fourth-order valence-electron chi connectivity index (χ4n) is 3.53. The van der Waals surface area contributed by atoms with Crippen LogP contribution >= 0.6 is 0 Å². The Morgan fingerprint density at radius 2 is 1.76 bits per heavy atom. The van der Waals surface area contributed by atoms with Gasteiger partial charge < -0.3 is 15.5 Å². The van der Waals surface area contributed by atoms with Crippen LogP contribution in [0, 0.1) is 0 Å². The summed E-state index contributed by atoms with van der Waals surface area (Å²) in [4.78, 5) is 30.5. The number of nitrogens with zero attached hydrogens (tertiary/aromatic N) is 2. The lowest BCUT2D eigenvalue weighted by Crippen LogP contribution is -2.25. The number of para-hydroxylation sites is 1. The molecule has 2 amide bonds. The Morgan fingerprint density at radius 1 is 0.966 bits per heavy atom. The Kier molecular flexibility index (Phi) is 5.24. The van der Waals surface area contributed by atoms with Crippen LogP contribution in [0.2, 0.25) is 0 Å². The standard InChI is InChI=1S/C23H22N4O2/c1-16(28)25-19-8-4-9-20(14-19)26-23(29)18-11-12-22(24-15-18)27-13-5-7-17-6-2-3-10-21(17)27/h2-4,6,8-12,14-15H,5,7,13H2,1H3,(H,25,28)(H,26,29). The van der Waals surface area contributed by atoms with E-state index in [9.17, 15) is 9.59 Å². The number of hydrogen-bond donors (Lipinski definition) is 2. The first-order chi connectivity index (χ1) is 14.1. The predicted molar refractivity (Wildman–Crippen MR) is 115 cm³/mol. The van der Waals surface area contributed by atoms with Gasteiger partial charge in [-0.3, -0.25) is 9.59 Å². The molecule has 0 fully saturated rings. The molecule has 3 aromatic rings. The zero-order chi connectivity index (χ0) is 20.2. The summed E-state index contributed by atoms with van der Waals surface area (Å²) in [6.07, 6.45) is 3.75. The van der Waals surface area contributed by atoms with Crippen LogP contribution in [0.25, 0.3) is 0 Å². The Bertz CT molecular complexity index is 1050. The SMILES string of the molecule is CC(=O)Nc1cccc(NC(=O)c2ccc(N3CCCc4ccccc43)nc2)c1. The second-order valence-corrected chi connectivity index (χ2v) is 7.01. The number of nitrogens with one attached hydrogen (secondary N) is 2. The molecule has 0 atom stereocenters. The number of pyridine rings is 1. The smallest absolute Gasteiger partial charge is 0.257 e. The molecule has 4 rings (SSSR count). The van der Waals surface area contributed by atoms with E-state index in [0.29, 0.717) is 16.9 Å². The highest BCUT2D eigenvalue weighted by molar-refractivity contribution is 6.04. The highest BCUT2D eigenvalue weighted by atomic mass is 16.2. The molecule has 146 valence electrons. The lowest BCUT2D eigenvalue weighted by atomic mass is 10.0. The molecule has 0 bridgehead atoms. The molecule has 6 heteroatoms. The van der Waals surface area contributed by atoms with E-state index in [1.54, 1.807) is 36.5 Å². The second kappa shape index (κ2) is 8.14. The fraction of sp³-hybridized carbons (Fsp3) is 0.174. The number of amides is 2. The first kappa shape index (κ1) is 18.7. The summed E-state index contributed by atoms with van der Waals surface area (Å²) in [6, 6.07) is 19.0. The van der Waals surface area contributed by atoms with E-state index in [0.717, 1.165) is 25.2 Å². The number of aromatic nitrogens is 1. The molecule has 2 heterocycles. The van der Waals surface area contributed by atoms with Crippen LogP contribution in [-0.4, -0.2) is 23.3 Å². The number of carbonyl (C=O) groups excluding carboxylic acids is 2. The first-order valence-corrected chi connectivity index (χ1v) is 9.61. The molecule has 29 heavy (non-hydrogen) atoms. The average molecular weight is 386 g/mol. The lowest BCUT2D eigenvalue weighted by molar-refractivity contribution is -0.114. The molecule has 2 aromatic carbocycles. The number of rotatable bonds is 4. The molecule has 6 nitrogen and oxygen atoms in total. The summed E-state index contributed by atoms with van der Waals surface area (Å²) in [5.41, 5.74) is 4.21. The summed E-state index contributed by atoms with van der Waals surface area (Å²) in [5, 5.41) is 5.54. The van der Waals surface area contributed by atoms with Crippen molar-refractivity contribution in [2.45, 2.75) is 19.8 Å². The minimum Gasteiger partial charge on any atom is -0.326 e. The van der Waals surface area contributed by atoms with Gasteiger partial charge in [-0.05, 0) is 54.8 Å². The van der Waals surface area contributed by atoms with Gasteiger partial charge in [-0.2, -0.15) is 0 Å². The van der Waals surface area contributed by atoms with Gasteiger partial charge in [0.2, 0.25) is 5.91 Å². The van der Waals surface area contributed by atoms with Crippen molar-refractivity contribution in [1.82, 2.24) is 4.98 Å². The molecule has 0 saturated heterocycles. The molecule has 1 aliphatic heterocycles. The van der Waals surface area contributed by atoms with Crippen molar-refractivity contribution < 1.29 is 9.59 Å². The normalized spacial score (nSPS) is 12.8. The maximum atomic E-state index is 12.6. The van der Waals surface area contributed by atoms with Crippen LogP contribution in [0.3, 0.4) is 0 Å². The van der Waals surface area contributed by atoms with Crippen LogP contribution in [-0.2, 0) is 11.2 Å². The predicted octanol–water partition coefficient (Wildman–Crippen LogP) is 4.38. The number of anilines is 4. The summed E-state index contributed by atoms with van der Waals surface area (Å²) in [7, 11) is 0. The van der Waals surface area contributed by atoms with Crippen LogP contribution in [0.5, 0.6) is 0 Å². The van der Waals surface area contributed by atoms with Crippen molar-refractivity contribution in [2.75, 3.05) is 22.1 Å². The molecule has 0 radical (unpaired) electrons. The van der Waals surface area contributed by atoms with Crippen molar-refractivity contribution in [3.63, 3.8) is 0 Å². The summed E-state index contributed by atoms with van der Waals surface area (Å²) >= 11 is 0. The maximum absolute atomic E-state index is 12.6.